The molecule has 3 N–H and O–H groups in total. The van der Waals surface area contributed by atoms with Gasteiger partial charge >= 0.3 is 0 Å². The summed E-state index contributed by atoms with van der Waals surface area (Å²) in [6, 6.07) is 1.57. The van der Waals surface area contributed by atoms with Gasteiger partial charge in [0.2, 0.25) is 0 Å². The van der Waals surface area contributed by atoms with Crippen molar-refractivity contribution in [1.29, 1.82) is 0 Å². The number of aromatic nitrogens is 2. The molecule has 84 valence electrons. The zero-order chi connectivity index (χ0) is 11.3. The Labute approximate surface area is 93.1 Å². The zero-order valence-electron chi connectivity index (χ0n) is 8.44. The van der Waals surface area contributed by atoms with Crippen LogP contribution in [-0.4, -0.2) is 39.4 Å². The van der Waals surface area contributed by atoms with Gasteiger partial charge in [0.15, 0.2) is 0 Å². The van der Waals surface area contributed by atoms with Gasteiger partial charge in [0.05, 0.1) is 12.7 Å². The van der Waals surface area contributed by atoms with Gasteiger partial charge < -0.3 is 15.5 Å². The predicted octanol–water partition coefficient (Wildman–Crippen LogP) is 0.457. The van der Waals surface area contributed by atoms with Crippen LogP contribution in [0.5, 0.6) is 0 Å². The van der Waals surface area contributed by atoms with Crippen LogP contribution < -0.4 is 5.32 Å². The Bertz CT molecular complexity index is 322. The van der Waals surface area contributed by atoms with E-state index in [9.17, 15) is 0 Å². The van der Waals surface area contributed by atoms with Crippen molar-refractivity contribution >= 4 is 17.4 Å². The molecule has 0 amide bonds. The van der Waals surface area contributed by atoms with Crippen molar-refractivity contribution in [1.82, 2.24) is 9.97 Å². The normalized spacial score (nSPS) is 12.5. The molecule has 1 aromatic heterocycles. The fourth-order valence-electron chi connectivity index (χ4n) is 1.00. The quantitative estimate of drug-likeness (QED) is 0.642. The van der Waals surface area contributed by atoms with E-state index in [1.807, 2.05) is 6.92 Å². The highest BCUT2D eigenvalue weighted by Gasteiger charge is 2.04. The van der Waals surface area contributed by atoms with Crippen LogP contribution in [0.15, 0.2) is 6.07 Å². The van der Waals surface area contributed by atoms with E-state index < -0.39 is 6.10 Å². The Hall–Kier alpha value is -0.910. The highest BCUT2D eigenvalue weighted by molar-refractivity contribution is 6.29. The van der Waals surface area contributed by atoms with E-state index in [1.54, 1.807) is 6.07 Å². The van der Waals surface area contributed by atoms with Crippen LogP contribution in [0.3, 0.4) is 0 Å². The van der Waals surface area contributed by atoms with E-state index in [0.29, 0.717) is 23.2 Å². The molecule has 0 saturated heterocycles. The van der Waals surface area contributed by atoms with Crippen LogP contribution in [0.4, 0.5) is 5.82 Å². The van der Waals surface area contributed by atoms with Gasteiger partial charge in [0.1, 0.15) is 16.8 Å². The Balaban J connectivity index is 2.64. The molecule has 1 rings (SSSR count). The molecule has 0 fully saturated rings. The first-order chi connectivity index (χ1) is 7.15. The van der Waals surface area contributed by atoms with Gasteiger partial charge in [-0.15, -0.1) is 0 Å². The summed E-state index contributed by atoms with van der Waals surface area (Å²) in [6.45, 7) is 1.87. The van der Waals surface area contributed by atoms with Crippen LogP contribution in [-0.2, 0) is 6.42 Å². The van der Waals surface area contributed by atoms with Crippen molar-refractivity contribution in [3.05, 3.63) is 17.0 Å². The number of aliphatic hydroxyl groups is 2. The van der Waals surface area contributed by atoms with E-state index in [4.69, 9.17) is 21.8 Å². The number of halogens is 1. The van der Waals surface area contributed by atoms with E-state index >= 15 is 0 Å². The second kappa shape index (κ2) is 5.85. The SMILES string of the molecule is CCc1nc(Cl)cc(NCC(O)CO)n1. The number of nitrogens with one attached hydrogen (secondary N) is 1. The maximum absolute atomic E-state index is 9.13. The highest BCUT2D eigenvalue weighted by Crippen LogP contribution is 2.11. The summed E-state index contributed by atoms with van der Waals surface area (Å²) in [5.74, 6) is 1.20. The maximum Gasteiger partial charge on any atom is 0.134 e. The lowest BCUT2D eigenvalue weighted by Crippen LogP contribution is -2.23. The number of hydrogen-bond acceptors (Lipinski definition) is 5. The Morgan fingerprint density at radius 3 is 2.87 bits per heavy atom. The molecular weight excluding hydrogens is 218 g/mol. The average molecular weight is 232 g/mol. The van der Waals surface area contributed by atoms with Crippen molar-refractivity contribution < 1.29 is 10.2 Å². The van der Waals surface area contributed by atoms with Gasteiger partial charge in [-0.25, -0.2) is 9.97 Å². The molecule has 0 aliphatic carbocycles. The number of aliphatic hydroxyl groups excluding tert-OH is 2. The van der Waals surface area contributed by atoms with Crippen LogP contribution in [0.1, 0.15) is 12.7 Å². The van der Waals surface area contributed by atoms with Gasteiger partial charge in [-0.1, -0.05) is 18.5 Å². The first kappa shape index (κ1) is 12.2. The molecule has 0 saturated carbocycles. The monoisotopic (exact) mass is 231 g/mol. The largest absolute Gasteiger partial charge is 0.394 e. The molecule has 1 heterocycles. The number of aryl methyl sites for hydroxylation is 1. The molecule has 0 bridgehead atoms. The van der Waals surface area contributed by atoms with Gasteiger partial charge in [0.25, 0.3) is 0 Å². The average Bonchev–Trinajstić information content (AvgIpc) is 2.25. The lowest BCUT2D eigenvalue weighted by atomic mass is 10.3. The molecule has 1 unspecified atom stereocenters. The van der Waals surface area contributed by atoms with Crippen molar-refractivity contribution in [3.63, 3.8) is 0 Å². The third-order valence-electron chi connectivity index (χ3n) is 1.79. The molecule has 1 aromatic rings. The number of rotatable bonds is 5. The summed E-state index contributed by atoms with van der Waals surface area (Å²) in [5, 5.41) is 21.0. The summed E-state index contributed by atoms with van der Waals surface area (Å²) in [4.78, 5) is 8.16. The minimum absolute atomic E-state index is 0.229. The van der Waals surface area contributed by atoms with Gasteiger partial charge in [0, 0.05) is 19.0 Å². The molecule has 0 aliphatic rings. The second-order valence-electron chi connectivity index (χ2n) is 3.06. The Morgan fingerprint density at radius 1 is 1.53 bits per heavy atom. The minimum Gasteiger partial charge on any atom is -0.394 e. The third-order valence-corrected chi connectivity index (χ3v) is 1.98. The minimum atomic E-state index is -0.802. The fraction of sp³-hybridized carbons (Fsp3) is 0.556. The molecule has 0 radical (unpaired) electrons. The zero-order valence-corrected chi connectivity index (χ0v) is 9.20. The Kier molecular flexibility index (Phi) is 4.74. The molecular formula is C9H14ClN3O2. The highest BCUT2D eigenvalue weighted by atomic mass is 35.5. The van der Waals surface area contributed by atoms with Crippen molar-refractivity contribution in [2.24, 2.45) is 0 Å². The summed E-state index contributed by atoms with van der Waals surface area (Å²) in [7, 11) is 0. The standard InChI is InChI=1S/C9H14ClN3O2/c1-2-8-12-7(10)3-9(13-8)11-4-6(15)5-14/h3,6,14-15H,2,4-5H2,1H3,(H,11,12,13). The molecule has 0 aliphatic heterocycles. The van der Waals surface area contributed by atoms with E-state index in [1.165, 1.54) is 0 Å². The first-order valence-corrected chi connectivity index (χ1v) is 5.09. The maximum atomic E-state index is 9.13. The van der Waals surface area contributed by atoms with E-state index in [2.05, 4.69) is 15.3 Å². The van der Waals surface area contributed by atoms with E-state index in [-0.39, 0.29) is 13.2 Å². The first-order valence-electron chi connectivity index (χ1n) is 4.72. The van der Waals surface area contributed by atoms with Crippen molar-refractivity contribution in [2.75, 3.05) is 18.5 Å². The van der Waals surface area contributed by atoms with Crippen LogP contribution >= 0.6 is 11.6 Å². The predicted molar refractivity (Wildman–Crippen MR) is 58.0 cm³/mol. The summed E-state index contributed by atoms with van der Waals surface area (Å²) in [6.07, 6.45) is -0.110. The van der Waals surface area contributed by atoms with Gasteiger partial charge in [-0.3, -0.25) is 0 Å². The van der Waals surface area contributed by atoms with Crippen LogP contribution in [0.25, 0.3) is 0 Å². The molecule has 15 heavy (non-hydrogen) atoms. The fourth-order valence-corrected chi connectivity index (χ4v) is 1.20. The molecule has 0 aromatic carbocycles. The smallest absolute Gasteiger partial charge is 0.134 e. The Morgan fingerprint density at radius 2 is 2.27 bits per heavy atom. The molecule has 0 spiro atoms. The van der Waals surface area contributed by atoms with Crippen LogP contribution in [0.2, 0.25) is 5.15 Å². The third kappa shape index (κ3) is 3.99. The second-order valence-corrected chi connectivity index (χ2v) is 3.45. The van der Waals surface area contributed by atoms with Crippen molar-refractivity contribution in [3.8, 4) is 0 Å². The molecule has 5 nitrogen and oxygen atoms in total. The number of anilines is 1. The molecule has 1 atom stereocenters. The lowest BCUT2D eigenvalue weighted by Gasteiger charge is -2.10. The molecule has 6 heteroatoms. The van der Waals surface area contributed by atoms with Gasteiger partial charge in [-0.2, -0.15) is 0 Å². The topological polar surface area (TPSA) is 78.3 Å². The number of hydrogen-bond donors (Lipinski definition) is 3. The summed E-state index contributed by atoms with van der Waals surface area (Å²) < 4.78 is 0. The number of nitrogens with zero attached hydrogens (tertiary/aromatic N) is 2. The summed E-state index contributed by atoms with van der Waals surface area (Å²) >= 11 is 5.77. The van der Waals surface area contributed by atoms with Gasteiger partial charge in [-0.05, 0) is 0 Å². The van der Waals surface area contributed by atoms with Crippen LogP contribution in [0, 0.1) is 0 Å². The van der Waals surface area contributed by atoms with Crippen molar-refractivity contribution in [2.45, 2.75) is 19.4 Å². The lowest BCUT2D eigenvalue weighted by molar-refractivity contribution is 0.105. The summed E-state index contributed by atoms with van der Waals surface area (Å²) in [5.41, 5.74) is 0. The van der Waals surface area contributed by atoms with E-state index in [0.717, 1.165) is 0 Å².